The van der Waals surface area contributed by atoms with E-state index in [1.807, 2.05) is 11.4 Å². The van der Waals surface area contributed by atoms with Crippen molar-refractivity contribution in [1.29, 1.82) is 0 Å². The van der Waals surface area contributed by atoms with E-state index < -0.39 is 11.5 Å². The third kappa shape index (κ3) is 3.40. The molecule has 2 amide bonds. The molecular formula is C14H19BrN2O3S. The van der Waals surface area contributed by atoms with E-state index >= 15 is 0 Å². The summed E-state index contributed by atoms with van der Waals surface area (Å²) in [6, 6.07) is 1.75. The molecule has 0 aliphatic carbocycles. The first-order valence-electron chi connectivity index (χ1n) is 6.83. The number of amides is 2. The summed E-state index contributed by atoms with van der Waals surface area (Å²) in [5.41, 5.74) is -0.0597. The summed E-state index contributed by atoms with van der Waals surface area (Å²) in [6.07, 6.45) is 2.20. The Hall–Kier alpha value is -1.08. The molecule has 1 aliphatic rings. The number of hydrogen-bond donors (Lipinski definition) is 1. The van der Waals surface area contributed by atoms with Gasteiger partial charge in [0.1, 0.15) is 5.54 Å². The van der Waals surface area contributed by atoms with Crippen LogP contribution in [0.25, 0.3) is 0 Å². The second-order valence-electron chi connectivity index (χ2n) is 5.59. The molecule has 1 aliphatic heterocycles. The Labute approximate surface area is 136 Å². The zero-order valence-corrected chi connectivity index (χ0v) is 14.5. The number of halogens is 1. The smallest absolute Gasteiger partial charge is 0.329 e. The molecular weight excluding hydrogens is 356 g/mol. The van der Waals surface area contributed by atoms with Crippen LogP contribution < -0.4 is 0 Å². The number of thiophene rings is 1. The minimum absolute atomic E-state index is 0.220. The first kappa shape index (κ1) is 16.3. The number of carbonyl (C=O) groups excluding carboxylic acids is 1. The highest BCUT2D eigenvalue weighted by molar-refractivity contribution is 9.11. The van der Waals surface area contributed by atoms with Crippen molar-refractivity contribution in [3.63, 3.8) is 0 Å². The van der Waals surface area contributed by atoms with Gasteiger partial charge in [0.25, 0.3) is 0 Å². The molecule has 2 rings (SSSR count). The lowest BCUT2D eigenvalue weighted by Crippen LogP contribution is -2.60. The Kier molecular flexibility index (Phi) is 4.93. The predicted molar refractivity (Wildman–Crippen MR) is 85.5 cm³/mol. The zero-order chi connectivity index (χ0) is 15.6. The SMILES string of the molecule is CN(Cc1csc(Br)c1)C(=O)N1CCCCC1(C)C(=O)O. The quantitative estimate of drug-likeness (QED) is 0.881. The van der Waals surface area contributed by atoms with E-state index in [1.54, 1.807) is 30.2 Å². The van der Waals surface area contributed by atoms with Crippen LogP contribution in [0.4, 0.5) is 4.79 Å². The van der Waals surface area contributed by atoms with Gasteiger partial charge in [-0.2, -0.15) is 0 Å². The minimum Gasteiger partial charge on any atom is -0.480 e. The molecule has 21 heavy (non-hydrogen) atoms. The fraction of sp³-hybridized carbons (Fsp3) is 0.571. The van der Waals surface area contributed by atoms with E-state index in [0.717, 1.165) is 22.2 Å². The van der Waals surface area contributed by atoms with Crippen LogP contribution in [0.2, 0.25) is 0 Å². The largest absolute Gasteiger partial charge is 0.480 e. The van der Waals surface area contributed by atoms with Crippen molar-refractivity contribution in [2.75, 3.05) is 13.6 Å². The van der Waals surface area contributed by atoms with Crippen LogP contribution in [0, 0.1) is 0 Å². The summed E-state index contributed by atoms with van der Waals surface area (Å²) < 4.78 is 1.02. The highest BCUT2D eigenvalue weighted by Gasteiger charge is 2.44. The molecule has 1 aromatic rings. The van der Waals surface area contributed by atoms with Crippen LogP contribution in [0.15, 0.2) is 15.2 Å². The van der Waals surface area contributed by atoms with E-state index in [1.165, 1.54) is 4.90 Å². The van der Waals surface area contributed by atoms with E-state index in [4.69, 9.17) is 0 Å². The number of rotatable bonds is 3. The molecule has 1 aromatic heterocycles. The third-order valence-electron chi connectivity index (χ3n) is 3.95. The van der Waals surface area contributed by atoms with Crippen LogP contribution in [0.3, 0.4) is 0 Å². The van der Waals surface area contributed by atoms with Gasteiger partial charge < -0.3 is 14.9 Å². The fourth-order valence-electron chi connectivity index (χ4n) is 2.63. The third-order valence-corrected chi connectivity index (χ3v) is 5.50. The summed E-state index contributed by atoms with van der Waals surface area (Å²) in [7, 11) is 1.71. The summed E-state index contributed by atoms with van der Waals surface area (Å²) >= 11 is 4.97. The molecule has 1 unspecified atom stereocenters. The van der Waals surface area contributed by atoms with Crippen molar-refractivity contribution in [3.05, 3.63) is 20.8 Å². The number of carbonyl (C=O) groups is 2. The molecule has 0 bridgehead atoms. The van der Waals surface area contributed by atoms with Crippen molar-refractivity contribution in [1.82, 2.24) is 9.80 Å². The maximum atomic E-state index is 12.6. The summed E-state index contributed by atoms with van der Waals surface area (Å²) in [5.74, 6) is -0.928. The van der Waals surface area contributed by atoms with Crippen LogP contribution in [0.5, 0.6) is 0 Å². The van der Waals surface area contributed by atoms with Crippen molar-refractivity contribution in [3.8, 4) is 0 Å². The van der Waals surface area contributed by atoms with Gasteiger partial charge >= 0.3 is 12.0 Å². The molecule has 1 fully saturated rings. The Morgan fingerprint density at radius 3 is 2.81 bits per heavy atom. The molecule has 7 heteroatoms. The topological polar surface area (TPSA) is 60.9 Å². The summed E-state index contributed by atoms with van der Waals surface area (Å²) in [5, 5.41) is 11.5. The van der Waals surface area contributed by atoms with Gasteiger partial charge in [0.2, 0.25) is 0 Å². The molecule has 116 valence electrons. The second-order valence-corrected chi connectivity index (χ2v) is 7.88. The van der Waals surface area contributed by atoms with Gasteiger partial charge in [-0.25, -0.2) is 9.59 Å². The number of nitrogens with zero attached hydrogens (tertiary/aromatic N) is 2. The highest BCUT2D eigenvalue weighted by Crippen LogP contribution is 2.29. The molecule has 1 saturated heterocycles. The number of hydrogen-bond acceptors (Lipinski definition) is 3. The van der Waals surface area contributed by atoms with Crippen molar-refractivity contribution in [2.24, 2.45) is 0 Å². The first-order chi connectivity index (χ1) is 9.84. The van der Waals surface area contributed by atoms with Gasteiger partial charge in [-0.1, -0.05) is 0 Å². The maximum Gasteiger partial charge on any atom is 0.329 e. The molecule has 5 nitrogen and oxygen atoms in total. The molecule has 0 spiro atoms. The average Bonchev–Trinajstić information content (AvgIpc) is 2.83. The van der Waals surface area contributed by atoms with Crippen LogP contribution in [-0.4, -0.2) is 46.0 Å². The maximum absolute atomic E-state index is 12.6. The summed E-state index contributed by atoms with van der Waals surface area (Å²) in [4.78, 5) is 27.3. The van der Waals surface area contributed by atoms with Crippen molar-refractivity contribution < 1.29 is 14.7 Å². The molecule has 0 radical (unpaired) electrons. The molecule has 1 atom stereocenters. The minimum atomic E-state index is -1.10. The summed E-state index contributed by atoms with van der Waals surface area (Å²) in [6.45, 7) is 2.62. The van der Waals surface area contributed by atoms with Gasteiger partial charge in [-0.3, -0.25) is 0 Å². The predicted octanol–water partition coefficient (Wildman–Crippen LogP) is 3.39. The monoisotopic (exact) mass is 374 g/mol. The Morgan fingerprint density at radius 2 is 2.24 bits per heavy atom. The lowest BCUT2D eigenvalue weighted by Gasteiger charge is -2.43. The Bertz CT molecular complexity index is 548. The molecule has 1 N–H and O–H groups in total. The van der Waals surface area contributed by atoms with E-state index in [9.17, 15) is 14.7 Å². The number of carboxylic acid groups (broad SMARTS) is 1. The lowest BCUT2D eigenvalue weighted by atomic mass is 9.89. The van der Waals surface area contributed by atoms with Gasteiger partial charge in [-0.15, -0.1) is 11.3 Å². The average molecular weight is 375 g/mol. The molecule has 0 aromatic carbocycles. The number of urea groups is 1. The zero-order valence-electron chi connectivity index (χ0n) is 12.1. The number of likely N-dealkylation sites (tertiary alicyclic amines) is 1. The molecule has 2 heterocycles. The number of carboxylic acids is 1. The van der Waals surface area contributed by atoms with Crippen LogP contribution in [-0.2, 0) is 11.3 Å². The van der Waals surface area contributed by atoms with E-state index in [0.29, 0.717) is 19.5 Å². The van der Waals surface area contributed by atoms with Gasteiger partial charge in [-0.05, 0) is 59.1 Å². The Morgan fingerprint density at radius 1 is 1.52 bits per heavy atom. The first-order valence-corrected chi connectivity index (χ1v) is 8.51. The lowest BCUT2D eigenvalue weighted by molar-refractivity contribution is -0.150. The van der Waals surface area contributed by atoms with Gasteiger partial charge in [0, 0.05) is 20.1 Å². The van der Waals surface area contributed by atoms with Crippen molar-refractivity contribution in [2.45, 2.75) is 38.3 Å². The number of aliphatic carboxylic acids is 1. The van der Waals surface area contributed by atoms with Crippen molar-refractivity contribution >= 4 is 39.3 Å². The molecule has 0 saturated carbocycles. The van der Waals surface area contributed by atoms with E-state index in [2.05, 4.69) is 15.9 Å². The number of piperidine rings is 1. The second kappa shape index (κ2) is 6.36. The van der Waals surface area contributed by atoms with Gasteiger partial charge in [0.05, 0.1) is 3.79 Å². The van der Waals surface area contributed by atoms with Gasteiger partial charge in [0.15, 0.2) is 0 Å². The normalized spacial score (nSPS) is 22.1. The fourth-order valence-corrected chi connectivity index (χ4v) is 3.83. The van der Waals surface area contributed by atoms with Crippen LogP contribution in [0.1, 0.15) is 31.7 Å². The van der Waals surface area contributed by atoms with Crippen LogP contribution >= 0.6 is 27.3 Å². The standard InChI is InChI=1S/C14H19BrN2O3S/c1-14(12(18)19)5-3-4-6-17(14)13(20)16(2)8-10-7-11(15)21-9-10/h7,9H,3-6,8H2,1-2H3,(H,18,19). The van der Waals surface area contributed by atoms with E-state index in [-0.39, 0.29) is 6.03 Å². The Balaban J connectivity index is 2.11. The highest BCUT2D eigenvalue weighted by atomic mass is 79.9.